The summed E-state index contributed by atoms with van der Waals surface area (Å²) >= 11 is 5.84. The summed E-state index contributed by atoms with van der Waals surface area (Å²) in [6, 6.07) is 14.6. The Bertz CT molecular complexity index is 843. The van der Waals surface area contributed by atoms with Crippen molar-refractivity contribution in [1.82, 2.24) is 4.90 Å². The first-order chi connectivity index (χ1) is 12.6. The summed E-state index contributed by atoms with van der Waals surface area (Å²) in [5, 5.41) is 15.0. The van der Waals surface area contributed by atoms with E-state index in [9.17, 15) is 9.59 Å². The molecule has 7 heteroatoms. The number of amides is 3. The van der Waals surface area contributed by atoms with Crippen molar-refractivity contribution in [3.05, 3.63) is 59.1 Å². The lowest BCUT2D eigenvalue weighted by Gasteiger charge is -2.24. The molecule has 0 unspecified atom stereocenters. The van der Waals surface area contributed by atoms with Gasteiger partial charge in [0.2, 0.25) is 5.91 Å². The number of hydrogen-bond donors (Lipinski definition) is 2. The lowest BCUT2D eigenvalue weighted by atomic mass is 10.2. The number of rotatable bonds is 3. The van der Waals surface area contributed by atoms with Gasteiger partial charge in [0.15, 0.2) is 0 Å². The van der Waals surface area contributed by atoms with E-state index in [1.807, 2.05) is 6.07 Å². The summed E-state index contributed by atoms with van der Waals surface area (Å²) in [4.78, 5) is 26.6. The molecule has 0 spiro atoms. The molecule has 3 amide bonds. The predicted octanol–water partition coefficient (Wildman–Crippen LogP) is 3.85. The predicted molar refractivity (Wildman–Crippen MR) is 100.0 cm³/mol. The highest BCUT2D eigenvalue weighted by Gasteiger charge is 2.34. The van der Waals surface area contributed by atoms with Crippen LogP contribution in [0.3, 0.4) is 0 Å². The zero-order valence-corrected chi connectivity index (χ0v) is 14.7. The Balaban J connectivity index is 1.64. The summed E-state index contributed by atoms with van der Waals surface area (Å²) in [7, 11) is 0. The van der Waals surface area contributed by atoms with Crippen LogP contribution in [0, 0.1) is 11.3 Å². The van der Waals surface area contributed by atoms with Crippen LogP contribution >= 0.6 is 11.6 Å². The zero-order valence-electron chi connectivity index (χ0n) is 13.9. The van der Waals surface area contributed by atoms with E-state index in [1.54, 1.807) is 48.5 Å². The van der Waals surface area contributed by atoms with Crippen LogP contribution in [0.5, 0.6) is 0 Å². The third-order valence-corrected chi connectivity index (χ3v) is 4.45. The van der Waals surface area contributed by atoms with Crippen molar-refractivity contribution in [2.75, 3.05) is 17.2 Å². The van der Waals surface area contributed by atoms with Crippen LogP contribution in [0.2, 0.25) is 5.02 Å². The first kappa shape index (κ1) is 17.8. The summed E-state index contributed by atoms with van der Waals surface area (Å²) in [5.41, 5.74) is 1.74. The number of halogens is 1. The molecule has 1 heterocycles. The molecule has 0 radical (unpaired) electrons. The van der Waals surface area contributed by atoms with Crippen molar-refractivity contribution >= 4 is 34.9 Å². The van der Waals surface area contributed by atoms with E-state index >= 15 is 0 Å². The Morgan fingerprint density at radius 2 is 1.65 bits per heavy atom. The van der Waals surface area contributed by atoms with E-state index < -0.39 is 6.04 Å². The monoisotopic (exact) mass is 368 g/mol. The third kappa shape index (κ3) is 4.13. The first-order valence-corrected chi connectivity index (χ1v) is 8.59. The van der Waals surface area contributed by atoms with Crippen molar-refractivity contribution in [3.8, 4) is 6.07 Å². The fourth-order valence-corrected chi connectivity index (χ4v) is 2.99. The van der Waals surface area contributed by atoms with Crippen LogP contribution in [-0.2, 0) is 4.79 Å². The maximum atomic E-state index is 12.6. The van der Waals surface area contributed by atoms with Gasteiger partial charge in [-0.1, -0.05) is 11.6 Å². The van der Waals surface area contributed by atoms with E-state index in [-0.39, 0.29) is 11.9 Å². The van der Waals surface area contributed by atoms with Gasteiger partial charge in [-0.2, -0.15) is 5.26 Å². The second kappa shape index (κ2) is 7.89. The Labute approximate surface area is 156 Å². The van der Waals surface area contributed by atoms with Gasteiger partial charge in [-0.3, -0.25) is 4.79 Å². The molecule has 0 bridgehead atoms. The van der Waals surface area contributed by atoms with Crippen LogP contribution < -0.4 is 10.6 Å². The molecule has 1 aliphatic heterocycles. The molecule has 1 aliphatic rings. The zero-order chi connectivity index (χ0) is 18.5. The van der Waals surface area contributed by atoms with E-state index in [0.29, 0.717) is 34.9 Å². The van der Waals surface area contributed by atoms with Crippen molar-refractivity contribution in [2.24, 2.45) is 0 Å². The van der Waals surface area contributed by atoms with Crippen LogP contribution in [0.15, 0.2) is 48.5 Å². The van der Waals surface area contributed by atoms with Gasteiger partial charge in [-0.05, 0) is 61.4 Å². The number of anilines is 2. The van der Waals surface area contributed by atoms with Crippen molar-refractivity contribution < 1.29 is 9.59 Å². The third-order valence-electron chi connectivity index (χ3n) is 4.19. The van der Waals surface area contributed by atoms with Gasteiger partial charge in [0.1, 0.15) is 6.04 Å². The summed E-state index contributed by atoms with van der Waals surface area (Å²) < 4.78 is 0. The van der Waals surface area contributed by atoms with Gasteiger partial charge in [-0.25, -0.2) is 4.79 Å². The molecule has 6 nitrogen and oxygen atoms in total. The molecule has 0 aromatic heterocycles. The van der Waals surface area contributed by atoms with E-state index in [0.717, 1.165) is 6.42 Å². The Morgan fingerprint density at radius 3 is 2.31 bits per heavy atom. The fourth-order valence-electron chi connectivity index (χ4n) is 2.86. The fraction of sp³-hybridized carbons (Fsp3) is 0.211. The van der Waals surface area contributed by atoms with Crippen LogP contribution in [-0.4, -0.2) is 29.4 Å². The van der Waals surface area contributed by atoms with E-state index in [1.165, 1.54) is 4.90 Å². The lowest BCUT2D eigenvalue weighted by molar-refractivity contribution is -0.119. The molecule has 2 aromatic carbocycles. The topological polar surface area (TPSA) is 85.2 Å². The molecule has 1 atom stereocenters. The number of urea groups is 1. The second-order valence-electron chi connectivity index (χ2n) is 5.97. The SMILES string of the molecule is N#Cc1ccc(NC(=O)[C@H]2CCCN2C(=O)Nc2ccc(Cl)cc2)cc1. The average molecular weight is 369 g/mol. The smallest absolute Gasteiger partial charge is 0.322 e. The first-order valence-electron chi connectivity index (χ1n) is 8.21. The standard InChI is InChI=1S/C19H17ClN4O2/c20-14-5-9-16(10-6-14)23-19(26)24-11-1-2-17(24)18(25)22-15-7-3-13(12-21)4-8-15/h3-10,17H,1-2,11H2,(H,22,25)(H,23,26)/t17-/m1/s1. The van der Waals surface area contributed by atoms with E-state index in [4.69, 9.17) is 16.9 Å². The van der Waals surface area contributed by atoms with E-state index in [2.05, 4.69) is 10.6 Å². The highest BCUT2D eigenvalue weighted by atomic mass is 35.5. The van der Waals surface area contributed by atoms with Crippen molar-refractivity contribution in [2.45, 2.75) is 18.9 Å². The molecule has 1 fully saturated rings. The summed E-state index contributed by atoms with van der Waals surface area (Å²) in [6.45, 7) is 0.519. The van der Waals surface area contributed by atoms with Gasteiger partial charge in [0.25, 0.3) is 0 Å². The summed E-state index contributed by atoms with van der Waals surface area (Å²) in [6.07, 6.45) is 1.37. The number of carbonyl (C=O) groups excluding carboxylic acids is 2. The molecule has 0 saturated carbocycles. The maximum absolute atomic E-state index is 12.6. The minimum atomic E-state index is -0.530. The Hall–Kier alpha value is -3.04. The molecule has 26 heavy (non-hydrogen) atoms. The van der Waals surface area contributed by atoms with Crippen LogP contribution in [0.1, 0.15) is 18.4 Å². The number of likely N-dealkylation sites (tertiary alicyclic amines) is 1. The highest BCUT2D eigenvalue weighted by Crippen LogP contribution is 2.21. The molecule has 1 saturated heterocycles. The normalized spacial score (nSPS) is 16.0. The van der Waals surface area contributed by atoms with Gasteiger partial charge in [-0.15, -0.1) is 0 Å². The molecule has 3 rings (SSSR count). The lowest BCUT2D eigenvalue weighted by Crippen LogP contribution is -2.45. The number of nitrogens with one attached hydrogen (secondary N) is 2. The molecule has 2 aromatic rings. The number of hydrogen-bond acceptors (Lipinski definition) is 3. The maximum Gasteiger partial charge on any atom is 0.322 e. The number of benzene rings is 2. The molecule has 132 valence electrons. The van der Waals surface area contributed by atoms with Crippen molar-refractivity contribution in [3.63, 3.8) is 0 Å². The number of nitrogens with zero attached hydrogens (tertiary/aromatic N) is 2. The number of nitriles is 1. The average Bonchev–Trinajstić information content (AvgIpc) is 3.14. The van der Waals surface area contributed by atoms with Crippen molar-refractivity contribution in [1.29, 1.82) is 5.26 Å². The molecule has 0 aliphatic carbocycles. The summed E-state index contributed by atoms with van der Waals surface area (Å²) in [5.74, 6) is -0.238. The minimum absolute atomic E-state index is 0.238. The largest absolute Gasteiger partial charge is 0.324 e. The molecule has 2 N–H and O–H groups in total. The van der Waals surface area contributed by atoms with Gasteiger partial charge >= 0.3 is 6.03 Å². The minimum Gasteiger partial charge on any atom is -0.324 e. The Morgan fingerprint density at radius 1 is 1.04 bits per heavy atom. The molecular weight excluding hydrogens is 352 g/mol. The number of carbonyl (C=O) groups is 2. The quantitative estimate of drug-likeness (QED) is 0.862. The van der Waals surface area contributed by atoms with Gasteiger partial charge in [0, 0.05) is 22.9 Å². The Kier molecular flexibility index (Phi) is 5.40. The van der Waals surface area contributed by atoms with Crippen LogP contribution in [0.4, 0.5) is 16.2 Å². The van der Waals surface area contributed by atoms with Crippen LogP contribution in [0.25, 0.3) is 0 Å². The highest BCUT2D eigenvalue weighted by molar-refractivity contribution is 6.30. The molecular formula is C19H17ClN4O2. The van der Waals surface area contributed by atoms with Gasteiger partial charge in [0.05, 0.1) is 11.6 Å². The second-order valence-corrected chi connectivity index (χ2v) is 6.40. The van der Waals surface area contributed by atoms with Gasteiger partial charge < -0.3 is 15.5 Å².